The highest BCUT2D eigenvalue weighted by molar-refractivity contribution is 6.31. The summed E-state index contributed by atoms with van der Waals surface area (Å²) in [6.45, 7) is 0.880. The highest BCUT2D eigenvalue weighted by atomic mass is 35.5. The van der Waals surface area contributed by atoms with Gasteiger partial charge >= 0.3 is 6.03 Å². The summed E-state index contributed by atoms with van der Waals surface area (Å²) in [6, 6.07) is 19.3. The molecule has 1 aromatic heterocycles. The predicted octanol–water partition coefficient (Wildman–Crippen LogP) is 4.69. The number of imide groups is 1. The molecule has 0 unspecified atom stereocenters. The number of amides is 4. The molecule has 0 saturated carbocycles. The number of carbonyl (C=O) groups excluding carboxylic acids is 3. The van der Waals surface area contributed by atoms with E-state index in [0.29, 0.717) is 42.2 Å². The van der Waals surface area contributed by atoms with Gasteiger partial charge in [-0.25, -0.2) is 9.69 Å². The van der Waals surface area contributed by atoms with Crippen LogP contribution in [0.25, 0.3) is 10.9 Å². The van der Waals surface area contributed by atoms with Gasteiger partial charge in [0.25, 0.3) is 11.8 Å². The molecule has 0 radical (unpaired) electrons. The molecule has 1 saturated heterocycles. The lowest BCUT2D eigenvalue weighted by molar-refractivity contribution is -0.120. The second-order valence-electron chi connectivity index (χ2n) is 9.13. The number of urea groups is 1. The number of rotatable bonds is 5. The van der Waals surface area contributed by atoms with E-state index in [1.165, 1.54) is 4.90 Å². The highest BCUT2D eigenvalue weighted by Crippen LogP contribution is 2.33. The maximum atomic E-state index is 13.1. The van der Waals surface area contributed by atoms with Crippen molar-refractivity contribution in [3.8, 4) is 0 Å². The number of aromatic nitrogens is 1. The van der Waals surface area contributed by atoms with Crippen molar-refractivity contribution in [1.29, 1.82) is 0 Å². The molecule has 7 nitrogen and oxygen atoms in total. The van der Waals surface area contributed by atoms with Gasteiger partial charge in [-0.1, -0.05) is 35.9 Å². The normalized spacial score (nSPS) is 16.9. The molecular weight excluding hydrogens is 476 g/mol. The third kappa shape index (κ3) is 3.82. The van der Waals surface area contributed by atoms with Crippen molar-refractivity contribution in [2.45, 2.75) is 25.4 Å². The minimum Gasteiger partial charge on any atom is -0.361 e. The van der Waals surface area contributed by atoms with Crippen LogP contribution in [0.5, 0.6) is 0 Å². The van der Waals surface area contributed by atoms with Crippen LogP contribution in [0.1, 0.15) is 27.0 Å². The Morgan fingerprint density at radius 3 is 2.61 bits per heavy atom. The number of halogens is 1. The van der Waals surface area contributed by atoms with Crippen LogP contribution in [0.4, 0.5) is 10.5 Å². The van der Waals surface area contributed by atoms with Gasteiger partial charge < -0.3 is 15.2 Å². The fourth-order valence-electron chi connectivity index (χ4n) is 5.09. The molecule has 0 aliphatic carbocycles. The quantitative estimate of drug-likeness (QED) is 0.391. The van der Waals surface area contributed by atoms with E-state index in [9.17, 15) is 14.4 Å². The molecule has 2 N–H and O–H groups in total. The summed E-state index contributed by atoms with van der Waals surface area (Å²) in [5.74, 6) is -0.447. The Morgan fingerprint density at radius 2 is 1.81 bits per heavy atom. The lowest BCUT2D eigenvalue weighted by atomic mass is 9.95. The SMILES string of the molecule is O=C(NCCc1c[nH]c2ccc(Cl)cc12)c1ccc(N2C(=O)[C@@H]3Cc4ccccc4CN3C2=O)cc1. The summed E-state index contributed by atoms with van der Waals surface area (Å²) >= 11 is 6.11. The lowest BCUT2D eigenvalue weighted by Gasteiger charge is -2.28. The van der Waals surface area contributed by atoms with E-state index in [0.717, 1.165) is 27.6 Å². The zero-order valence-corrected chi connectivity index (χ0v) is 20.1. The summed E-state index contributed by atoms with van der Waals surface area (Å²) in [4.78, 5) is 45.0. The molecular formula is C28H23ClN4O3. The molecule has 2 aliphatic rings. The van der Waals surface area contributed by atoms with Crippen molar-refractivity contribution < 1.29 is 14.4 Å². The number of nitrogens with one attached hydrogen (secondary N) is 2. The van der Waals surface area contributed by atoms with Crippen LogP contribution in [-0.2, 0) is 24.2 Å². The molecule has 3 aromatic carbocycles. The van der Waals surface area contributed by atoms with E-state index in [-0.39, 0.29) is 17.8 Å². The maximum absolute atomic E-state index is 13.1. The zero-order valence-electron chi connectivity index (χ0n) is 19.3. The summed E-state index contributed by atoms with van der Waals surface area (Å²) in [7, 11) is 0. The van der Waals surface area contributed by atoms with Gasteiger partial charge in [0.05, 0.1) is 5.69 Å². The van der Waals surface area contributed by atoms with Gasteiger partial charge in [0, 0.05) is 47.2 Å². The molecule has 36 heavy (non-hydrogen) atoms. The molecule has 0 spiro atoms. The second-order valence-corrected chi connectivity index (χ2v) is 9.57. The molecule has 1 fully saturated rings. The van der Waals surface area contributed by atoms with Gasteiger partial charge in [0.15, 0.2) is 0 Å². The predicted molar refractivity (Wildman–Crippen MR) is 138 cm³/mol. The Morgan fingerprint density at radius 1 is 1.03 bits per heavy atom. The second kappa shape index (κ2) is 8.84. The van der Waals surface area contributed by atoms with Crippen LogP contribution < -0.4 is 10.2 Å². The summed E-state index contributed by atoms with van der Waals surface area (Å²) in [6.07, 6.45) is 3.10. The largest absolute Gasteiger partial charge is 0.361 e. The number of benzene rings is 3. The monoisotopic (exact) mass is 498 g/mol. The van der Waals surface area contributed by atoms with Gasteiger partial charge in [-0.05, 0) is 65.6 Å². The lowest BCUT2D eigenvalue weighted by Crippen LogP contribution is -2.39. The Kier molecular flexibility index (Phi) is 5.49. The first-order valence-corrected chi connectivity index (χ1v) is 12.2. The number of fused-ring (bicyclic) bond motifs is 3. The first-order chi connectivity index (χ1) is 17.5. The Balaban J connectivity index is 1.11. The fourth-order valence-corrected chi connectivity index (χ4v) is 5.26. The van der Waals surface area contributed by atoms with Gasteiger partial charge in [0.1, 0.15) is 6.04 Å². The molecule has 4 aromatic rings. The van der Waals surface area contributed by atoms with E-state index in [2.05, 4.69) is 10.3 Å². The Hall–Kier alpha value is -4.10. The number of anilines is 1. The number of aromatic amines is 1. The molecule has 0 bridgehead atoms. The fraction of sp³-hybridized carbons (Fsp3) is 0.179. The summed E-state index contributed by atoms with van der Waals surface area (Å²) in [5, 5.41) is 4.64. The van der Waals surface area contributed by atoms with Gasteiger partial charge in [-0.2, -0.15) is 0 Å². The van der Waals surface area contributed by atoms with Crippen LogP contribution in [0.2, 0.25) is 5.02 Å². The van der Waals surface area contributed by atoms with Crippen molar-refractivity contribution >= 4 is 46.0 Å². The first kappa shape index (κ1) is 22.4. The number of nitrogens with zero attached hydrogens (tertiary/aromatic N) is 2. The Bertz CT molecular complexity index is 1470. The topological polar surface area (TPSA) is 85.5 Å². The van der Waals surface area contributed by atoms with E-state index in [4.69, 9.17) is 11.6 Å². The smallest absolute Gasteiger partial charge is 0.332 e. The van der Waals surface area contributed by atoms with E-state index in [1.807, 2.05) is 48.7 Å². The number of hydrogen-bond donors (Lipinski definition) is 2. The summed E-state index contributed by atoms with van der Waals surface area (Å²) in [5.41, 5.74) is 5.18. The zero-order chi connectivity index (χ0) is 24.8. The van der Waals surface area contributed by atoms with Gasteiger partial charge in [0.2, 0.25) is 0 Å². The minimum absolute atomic E-state index is 0.216. The minimum atomic E-state index is -0.491. The van der Waals surface area contributed by atoms with Crippen molar-refractivity contribution in [3.05, 3.63) is 100 Å². The van der Waals surface area contributed by atoms with Crippen molar-refractivity contribution in [1.82, 2.24) is 15.2 Å². The molecule has 4 amide bonds. The molecule has 3 heterocycles. The molecule has 180 valence electrons. The van der Waals surface area contributed by atoms with Crippen molar-refractivity contribution in [3.63, 3.8) is 0 Å². The van der Waals surface area contributed by atoms with Crippen LogP contribution in [0, 0.1) is 0 Å². The van der Waals surface area contributed by atoms with Crippen molar-refractivity contribution in [2.24, 2.45) is 0 Å². The molecule has 8 heteroatoms. The summed E-state index contributed by atoms with van der Waals surface area (Å²) < 4.78 is 0. The van der Waals surface area contributed by atoms with E-state index in [1.54, 1.807) is 29.2 Å². The standard InChI is InChI=1S/C28H23ClN4O3/c29-21-7-10-24-23(14-21)19(15-31-24)11-12-30-26(34)17-5-8-22(9-6-17)33-27(35)25-13-18-3-1-2-4-20(18)16-32(25)28(33)36/h1-10,14-15,25,31H,11-13,16H2,(H,30,34)/t25-/m0/s1. The van der Waals surface area contributed by atoms with E-state index < -0.39 is 6.04 Å². The third-order valence-electron chi connectivity index (χ3n) is 6.99. The van der Waals surface area contributed by atoms with Gasteiger partial charge in [-0.15, -0.1) is 0 Å². The first-order valence-electron chi connectivity index (χ1n) is 11.8. The average Bonchev–Trinajstić information content (AvgIpc) is 3.40. The molecule has 6 rings (SSSR count). The van der Waals surface area contributed by atoms with Crippen LogP contribution in [0.3, 0.4) is 0 Å². The highest BCUT2D eigenvalue weighted by Gasteiger charge is 2.47. The van der Waals surface area contributed by atoms with Crippen LogP contribution >= 0.6 is 11.6 Å². The van der Waals surface area contributed by atoms with E-state index >= 15 is 0 Å². The number of carbonyl (C=O) groups is 3. The average molecular weight is 499 g/mol. The van der Waals surface area contributed by atoms with Crippen LogP contribution in [0.15, 0.2) is 72.9 Å². The third-order valence-corrected chi connectivity index (χ3v) is 7.22. The van der Waals surface area contributed by atoms with Crippen molar-refractivity contribution in [2.75, 3.05) is 11.4 Å². The Labute approximate surface area is 212 Å². The number of hydrogen-bond acceptors (Lipinski definition) is 3. The molecule has 2 aliphatic heterocycles. The number of H-pyrrole nitrogens is 1. The van der Waals surface area contributed by atoms with Gasteiger partial charge in [-0.3, -0.25) is 9.59 Å². The molecule has 1 atom stereocenters. The maximum Gasteiger partial charge on any atom is 0.332 e. The van der Waals surface area contributed by atoms with Crippen LogP contribution in [-0.4, -0.2) is 40.3 Å².